The first-order chi connectivity index (χ1) is 9.08. The van der Waals surface area contributed by atoms with Crippen molar-refractivity contribution in [3.8, 4) is 0 Å². The van der Waals surface area contributed by atoms with Crippen LogP contribution >= 0.6 is 0 Å². The van der Waals surface area contributed by atoms with Gasteiger partial charge in [0.1, 0.15) is 4.92 Å². The van der Waals surface area contributed by atoms with E-state index in [2.05, 4.69) is 5.10 Å². The summed E-state index contributed by atoms with van der Waals surface area (Å²) in [5.41, 5.74) is 0. The molecule has 9 nitrogen and oxygen atoms in total. The molecule has 1 N–H and O–H groups in total. The van der Waals surface area contributed by atoms with Crippen molar-refractivity contribution in [3.05, 3.63) is 28.0 Å². The van der Waals surface area contributed by atoms with E-state index in [-0.39, 0.29) is 25.5 Å². The van der Waals surface area contributed by atoms with E-state index in [1.807, 2.05) is 0 Å². The van der Waals surface area contributed by atoms with Gasteiger partial charge in [0.2, 0.25) is 0 Å². The molecule has 1 amide bonds. The molecule has 0 aliphatic rings. The Morgan fingerprint density at radius 2 is 2.42 bits per heavy atom. The van der Waals surface area contributed by atoms with Crippen LogP contribution in [0.5, 0.6) is 0 Å². The number of aliphatic hydroxyl groups is 1. The Labute approximate surface area is 108 Å². The number of nitrogens with zero attached hydrogens (tertiary/aromatic N) is 3. The van der Waals surface area contributed by atoms with Crippen LogP contribution in [0, 0.1) is 10.1 Å². The third-order valence-electron chi connectivity index (χ3n) is 1.91. The molecule has 104 valence electrons. The fourth-order valence-electron chi connectivity index (χ4n) is 1.13. The summed E-state index contributed by atoms with van der Waals surface area (Å²) in [6.45, 7) is 1.45. The standard InChI is InChI=1S/C10H13N3O6/c1-2-18-10(15)12(5-6-14)11-7-8-3-4-9(19-8)13(16)17/h3-4,7,14H,2,5-6H2,1H3/b11-7+. The normalized spacial score (nSPS) is 10.6. The van der Waals surface area contributed by atoms with Crippen LogP contribution in [0.25, 0.3) is 0 Å². The predicted octanol–water partition coefficient (Wildman–Crippen LogP) is 0.972. The van der Waals surface area contributed by atoms with Crippen molar-refractivity contribution in [2.45, 2.75) is 6.92 Å². The summed E-state index contributed by atoms with van der Waals surface area (Å²) in [5.74, 6) is -0.315. The third-order valence-corrected chi connectivity index (χ3v) is 1.91. The van der Waals surface area contributed by atoms with Crippen molar-refractivity contribution in [3.63, 3.8) is 0 Å². The van der Waals surface area contributed by atoms with Gasteiger partial charge in [-0.15, -0.1) is 0 Å². The summed E-state index contributed by atoms with van der Waals surface area (Å²) in [7, 11) is 0. The van der Waals surface area contributed by atoms with E-state index in [4.69, 9.17) is 14.3 Å². The lowest BCUT2D eigenvalue weighted by atomic mass is 10.5. The molecule has 0 aliphatic carbocycles. The number of hydrogen-bond donors (Lipinski definition) is 1. The monoisotopic (exact) mass is 271 g/mol. The lowest BCUT2D eigenvalue weighted by Gasteiger charge is -2.14. The van der Waals surface area contributed by atoms with Gasteiger partial charge in [0, 0.05) is 0 Å². The van der Waals surface area contributed by atoms with Gasteiger partial charge in [-0.1, -0.05) is 0 Å². The number of hydrogen-bond acceptors (Lipinski definition) is 7. The Hall–Kier alpha value is -2.42. The van der Waals surface area contributed by atoms with Gasteiger partial charge >= 0.3 is 12.0 Å². The highest BCUT2D eigenvalue weighted by Crippen LogP contribution is 2.14. The molecule has 0 atom stereocenters. The molecule has 1 aromatic heterocycles. The second kappa shape index (κ2) is 7.11. The highest BCUT2D eigenvalue weighted by molar-refractivity contribution is 5.78. The first-order valence-corrected chi connectivity index (χ1v) is 5.41. The third kappa shape index (κ3) is 4.39. The van der Waals surface area contributed by atoms with Crippen molar-refractivity contribution < 1.29 is 24.0 Å². The van der Waals surface area contributed by atoms with Crippen molar-refractivity contribution in [1.82, 2.24) is 5.01 Å². The minimum atomic E-state index is -0.728. The maximum atomic E-state index is 11.4. The van der Waals surface area contributed by atoms with Crippen LogP contribution in [0.3, 0.4) is 0 Å². The minimum Gasteiger partial charge on any atom is -0.448 e. The van der Waals surface area contributed by atoms with Crippen LogP contribution in [0.15, 0.2) is 21.7 Å². The van der Waals surface area contributed by atoms with Crippen LogP contribution in [0.4, 0.5) is 10.7 Å². The van der Waals surface area contributed by atoms with Crippen LogP contribution in [0.1, 0.15) is 12.7 Å². The molecule has 1 rings (SSSR count). The Kier molecular flexibility index (Phi) is 5.48. The molecule has 0 bridgehead atoms. The topological polar surface area (TPSA) is 118 Å². The van der Waals surface area contributed by atoms with E-state index in [0.717, 1.165) is 11.2 Å². The molecule has 0 fully saturated rings. The van der Waals surface area contributed by atoms with Crippen molar-refractivity contribution in [1.29, 1.82) is 0 Å². The Morgan fingerprint density at radius 3 is 2.95 bits per heavy atom. The van der Waals surface area contributed by atoms with Gasteiger partial charge in [-0.3, -0.25) is 10.1 Å². The molecule has 19 heavy (non-hydrogen) atoms. The fraction of sp³-hybridized carbons (Fsp3) is 0.400. The Morgan fingerprint density at radius 1 is 1.68 bits per heavy atom. The van der Waals surface area contributed by atoms with E-state index in [0.29, 0.717) is 0 Å². The van der Waals surface area contributed by atoms with Crippen LogP contribution < -0.4 is 0 Å². The molecular formula is C10H13N3O6. The SMILES string of the molecule is CCOC(=O)N(CCO)/N=C/c1ccc([N+](=O)[O-])o1. The maximum absolute atomic E-state index is 11.4. The first-order valence-electron chi connectivity index (χ1n) is 5.41. The van der Waals surface area contributed by atoms with Gasteiger partial charge in [0.05, 0.1) is 32.0 Å². The van der Waals surface area contributed by atoms with Crippen LogP contribution in [-0.2, 0) is 4.74 Å². The molecule has 0 saturated heterocycles. The van der Waals surface area contributed by atoms with Gasteiger partial charge < -0.3 is 14.3 Å². The second-order valence-corrected chi connectivity index (χ2v) is 3.22. The van der Waals surface area contributed by atoms with E-state index >= 15 is 0 Å². The maximum Gasteiger partial charge on any atom is 0.433 e. The van der Waals surface area contributed by atoms with Gasteiger partial charge in [0.25, 0.3) is 0 Å². The average Bonchev–Trinajstić information content (AvgIpc) is 2.83. The largest absolute Gasteiger partial charge is 0.448 e. The molecular weight excluding hydrogens is 258 g/mol. The molecule has 0 unspecified atom stereocenters. The fourth-order valence-corrected chi connectivity index (χ4v) is 1.13. The van der Waals surface area contributed by atoms with Crippen molar-refractivity contribution in [2.75, 3.05) is 19.8 Å². The second-order valence-electron chi connectivity index (χ2n) is 3.22. The van der Waals surface area contributed by atoms with Gasteiger partial charge in [-0.2, -0.15) is 10.1 Å². The summed E-state index contributed by atoms with van der Waals surface area (Å²) in [6.07, 6.45) is 0.397. The molecule has 1 heterocycles. The molecule has 0 saturated carbocycles. The molecule has 9 heteroatoms. The first kappa shape index (κ1) is 14.6. The van der Waals surface area contributed by atoms with Gasteiger partial charge in [-0.25, -0.2) is 4.79 Å². The van der Waals surface area contributed by atoms with Crippen LogP contribution in [0.2, 0.25) is 0 Å². The lowest BCUT2D eigenvalue weighted by Crippen LogP contribution is -2.29. The number of carbonyl (C=O) groups excluding carboxylic acids is 1. The van der Waals surface area contributed by atoms with E-state index in [1.165, 1.54) is 12.1 Å². The quantitative estimate of drug-likeness (QED) is 0.468. The number of rotatable bonds is 6. The number of furan rings is 1. The molecule has 0 aromatic carbocycles. The van der Waals surface area contributed by atoms with Crippen LogP contribution in [-0.4, -0.2) is 47.1 Å². The summed E-state index contributed by atoms with van der Waals surface area (Å²) >= 11 is 0. The molecule has 0 radical (unpaired) electrons. The smallest absolute Gasteiger partial charge is 0.433 e. The summed E-state index contributed by atoms with van der Waals surface area (Å²) in [4.78, 5) is 21.1. The predicted molar refractivity (Wildman–Crippen MR) is 63.8 cm³/mol. The number of amides is 1. The zero-order chi connectivity index (χ0) is 14.3. The minimum absolute atomic E-state index is 0.0574. The number of carbonyl (C=O) groups is 1. The molecule has 0 spiro atoms. The summed E-state index contributed by atoms with van der Waals surface area (Å²) in [6, 6.07) is 2.51. The Balaban J connectivity index is 2.73. The number of nitro groups is 1. The zero-order valence-electron chi connectivity index (χ0n) is 10.2. The number of hydrazone groups is 1. The highest BCUT2D eigenvalue weighted by Gasteiger charge is 2.14. The average molecular weight is 271 g/mol. The zero-order valence-corrected chi connectivity index (χ0v) is 10.2. The van der Waals surface area contributed by atoms with Gasteiger partial charge in [0.15, 0.2) is 5.76 Å². The molecule has 0 aliphatic heterocycles. The highest BCUT2D eigenvalue weighted by atomic mass is 16.6. The number of ether oxygens (including phenoxy) is 1. The Bertz CT molecular complexity index is 470. The summed E-state index contributed by atoms with van der Waals surface area (Å²) < 4.78 is 9.54. The summed E-state index contributed by atoms with van der Waals surface area (Å²) in [5, 5.41) is 23.8. The lowest BCUT2D eigenvalue weighted by molar-refractivity contribution is -0.402. The van der Waals surface area contributed by atoms with E-state index in [9.17, 15) is 14.9 Å². The van der Waals surface area contributed by atoms with E-state index < -0.39 is 16.9 Å². The number of aliphatic hydroxyl groups excluding tert-OH is 1. The van der Waals surface area contributed by atoms with E-state index in [1.54, 1.807) is 6.92 Å². The van der Waals surface area contributed by atoms with Crippen molar-refractivity contribution >= 4 is 18.2 Å². The van der Waals surface area contributed by atoms with Gasteiger partial charge in [-0.05, 0) is 13.0 Å². The molecule has 1 aromatic rings. The van der Waals surface area contributed by atoms with Crippen molar-refractivity contribution in [2.24, 2.45) is 5.10 Å².